The van der Waals surface area contributed by atoms with E-state index in [-0.39, 0.29) is 29.2 Å². The summed E-state index contributed by atoms with van der Waals surface area (Å²) in [5, 5.41) is 25.1. The van der Waals surface area contributed by atoms with Crippen LogP contribution in [0.2, 0.25) is 0 Å². The van der Waals surface area contributed by atoms with E-state index >= 15 is 0 Å². The van der Waals surface area contributed by atoms with Gasteiger partial charge in [-0.3, -0.25) is 14.5 Å². The molecule has 2 aromatic carbocycles. The van der Waals surface area contributed by atoms with Crippen LogP contribution in [-0.4, -0.2) is 57.6 Å². The van der Waals surface area contributed by atoms with Crippen LogP contribution in [0.3, 0.4) is 0 Å². The van der Waals surface area contributed by atoms with Gasteiger partial charge < -0.3 is 20.3 Å². The Labute approximate surface area is 197 Å². The minimum absolute atomic E-state index is 0.00178. The molecule has 7 rings (SSSR count). The summed E-state index contributed by atoms with van der Waals surface area (Å²) in [6.07, 6.45) is 3.68. The summed E-state index contributed by atoms with van der Waals surface area (Å²) in [5.41, 5.74) is 0.525. The number of hydrogen-bond acceptors (Lipinski definition) is 6. The molecule has 2 aliphatic heterocycles. The summed E-state index contributed by atoms with van der Waals surface area (Å²) in [6, 6.07) is 10.5. The maximum absolute atomic E-state index is 13.6. The van der Waals surface area contributed by atoms with Gasteiger partial charge in [0.15, 0.2) is 23.4 Å². The van der Waals surface area contributed by atoms with E-state index in [1.807, 2.05) is 18.2 Å². The second-order valence-electron chi connectivity index (χ2n) is 10.7. The molecular weight excluding hydrogens is 432 g/mol. The number of rotatable bonds is 4. The van der Waals surface area contributed by atoms with Gasteiger partial charge in [-0.15, -0.1) is 0 Å². The molecule has 3 N–H and O–H groups in total. The largest absolute Gasteiger partial charge is 0.508 e. The van der Waals surface area contributed by atoms with Gasteiger partial charge in [-0.05, 0) is 56.7 Å². The molecule has 5 aliphatic rings. The minimum atomic E-state index is -0.809. The molecule has 4 atom stereocenters. The summed E-state index contributed by atoms with van der Waals surface area (Å²) in [7, 11) is 0. The van der Waals surface area contributed by atoms with Crippen LogP contribution in [0.15, 0.2) is 36.4 Å². The number of carbonyl (C=O) groups is 2. The molecule has 2 heterocycles. The van der Waals surface area contributed by atoms with Crippen molar-refractivity contribution in [2.45, 2.75) is 61.6 Å². The van der Waals surface area contributed by atoms with Crippen LogP contribution in [0, 0.1) is 5.92 Å². The highest BCUT2D eigenvalue weighted by molar-refractivity contribution is 5.96. The number of aromatic hydroxyl groups is 2. The molecule has 3 aliphatic carbocycles. The normalized spacial score (nSPS) is 33.2. The van der Waals surface area contributed by atoms with E-state index in [0.29, 0.717) is 42.9 Å². The first-order valence-corrected chi connectivity index (χ1v) is 12.3. The molecule has 3 fully saturated rings. The first kappa shape index (κ1) is 20.3. The third-order valence-electron chi connectivity index (χ3n) is 9.09. The van der Waals surface area contributed by atoms with Crippen molar-refractivity contribution in [2.75, 3.05) is 13.1 Å². The third-order valence-corrected chi connectivity index (χ3v) is 9.09. The number of nitrogens with zero attached hydrogens (tertiary/aromatic N) is 1. The average molecular weight is 461 g/mol. The molecule has 7 heteroatoms. The monoisotopic (exact) mass is 460 g/mol. The van der Waals surface area contributed by atoms with Crippen molar-refractivity contribution in [3.8, 4) is 17.2 Å². The molecule has 1 amide bonds. The van der Waals surface area contributed by atoms with Crippen LogP contribution in [0.25, 0.3) is 0 Å². The second kappa shape index (κ2) is 6.75. The molecule has 0 radical (unpaired) electrons. The van der Waals surface area contributed by atoms with E-state index in [0.717, 1.165) is 24.2 Å². The molecule has 1 unspecified atom stereocenters. The van der Waals surface area contributed by atoms with Gasteiger partial charge in [-0.25, -0.2) is 0 Å². The van der Waals surface area contributed by atoms with E-state index in [1.54, 1.807) is 12.1 Å². The molecule has 1 saturated heterocycles. The zero-order chi connectivity index (χ0) is 23.2. The molecule has 34 heavy (non-hydrogen) atoms. The highest BCUT2D eigenvalue weighted by Crippen LogP contribution is 2.66. The molecule has 176 valence electrons. The van der Waals surface area contributed by atoms with Crippen LogP contribution in [0.1, 0.15) is 53.6 Å². The van der Waals surface area contributed by atoms with Crippen LogP contribution < -0.4 is 10.1 Å². The van der Waals surface area contributed by atoms with Gasteiger partial charge >= 0.3 is 0 Å². The van der Waals surface area contributed by atoms with Crippen LogP contribution in [-0.2, 0) is 16.6 Å². The van der Waals surface area contributed by atoms with Crippen LogP contribution in [0.4, 0.5) is 0 Å². The first-order valence-electron chi connectivity index (χ1n) is 12.3. The minimum Gasteiger partial charge on any atom is -0.508 e. The number of amides is 1. The smallest absolute Gasteiger partial charge is 0.251 e. The summed E-state index contributed by atoms with van der Waals surface area (Å²) >= 11 is 0. The van der Waals surface area contributed by atoms with Crippen molar-refractivity contribution >= 4 is 11.7 Å². The lowest BCUT2D eigenvalue weighted by Crippen LogP contribution is -2.81. The number of benzene rings is 2. The van der Waals surface area contributed by atoms with Crippen molar-refractivity contribution in [1.29, 1.82) is 0 Å². The number of piperidine rings is 1. The molecule has 0 aromatic heterocycles. The van der Waals surface area contributed by atoms with Gasteiger partial charge in [0.05, 0.1) is 11.0 Å². The molecule has 7 nitrogen and oxygen atoms in total. The van der Waals surface area contributed by atoms with Crippen molar-refractivity contribution in [3.05, 3.63) is 53.1 Å². The molecule has 2 saturated carbocycles. The number of nitrogens with one attached hydrogen (secondary N) is 1. The number of ether oxygens (including phenoxy) is 1. The predicted molar refractivity (Wildman–Crippen MR) is 123 cm³/mol. The predicted octanol–water partition coefficient (Wildman–Crippen LogP) is 2.67. The molecular formula is C27H28N2O5. The van der Waals surface area contributed by atoms with Gasteiger partial charge in [-0.1, -0.05) is 18.2 Å². The fourth-order valence-electron chi connectivity index (χ4n) is 7.49. The van der Waals surface area contributed by atoms with E-state index in [9.17, 15) is 19.8 Å². The number of hydrogen-bond donors (Lipinski definition) is 3. The Morgan fingerprint density at radius 1 is 1.15 bits per heavy atom. The lowest BCUT2D eigenvalue weighted by Gasteiger charge is -2.65. The maximum Gasteiger partial charge on any atom is 0.251 e. The lowest BCUT2D eigenvalue weighted by molar-refractivity contribution is -0.144. The van der Waals surface area contributed by atoms with Gasteiger partial charge in [0.2, 0.25) is 0 Å². The number of ketones is 1. The standard InChI is InChI=1S/C27H28N2O5/c30-18-8-9-27(28-25(33)16-4-2-1-3-5-16)21-12-17-19(31)13-20(32)23-22(17)26(27,24(18)34-23)10-11-29(21)14-15-6-7-15/h1-5,13,15,21,24,31-32H,6-12,14H2,(H,28,33)/t21-,24?,26+,27-/m1/s1. The fourth-order valence-corrected chi connectivity index (χ4v) is 7.49. The zero-order valence-electron chi connectivity index (χ0n) is 18.9. The van der Waals surface area contributed by atoms with Crippen molar-refractivity contribution < 1.29 is 24.5 Å². The summed E-state index contributed by atoms with van der Waals surface area (Å²) in [6.45, 7) is 1.76. The Morgan fingerprint density at radius 2 is 1.94 bits per heavy atom. The quantitative estimate of drug-likeness (QED) is 0.649. The number of carbonyl (C=O) groups excluding carboxylic acids is 2. The van der Waals surface area contributed by atoms with Crippen molar-refractivity contribution in [2.24, 2.45) is 5.92 Å². The van der Waals surface area contributed by atoms with E-state index < -0.39 is 17.1 Å². The van der Waals surface area contributed by atoms with Crippen LogP contribution in [0.5, 0.6) is 17.2 Å². The molecule has 1 spiro atoms. The third kappa shape index (κ3) is 2.45. The topological polar surface area (TPSA) is 99.1 Å². The van der Waals surface area contributed by atoms with Crippen LogP contribution >= 0.6 is 0 Å². The first-order chi connectivity index (χ1) is 16.4. The second-order valence-corrected chi connectivity index (χ2v) is 10.7. The van der Waals surface area contributed by atoms with Gasteiger partial charge in [0.25, 0.3) is 5.91 Å². The van der Waals surface area contributed by atoms with E-state index in [2.05, 4.69) is 10.2 Å². The van der Waals surface area contributed by atoms with Gasteiger partial charge in [-0.2, -0.15) is 0 Å². The maximum atomic E-state index is 13.6. The average Bonchev–Trinajstić information content (AvgIpc) is 3.57. The Balaban J connectivity index is 1.45. The lowest BCUT2D eigenvalue weighted by atomic mass is 9.47. The Kier molecular flexibility index (Phi) is 4.04. The molecule has 2 aromatic rings. The molecule has 2 bridgehead atoms. The summed E-state index contributed by atoms with van der Waals surface area (Å²) in [4.78, 5) is 29.4. The SMILES string of the molecule is O=C(N[C@@]12CCC(=O)C3Oc4c(O)cc(O)c5c4[C@@]31CCN(CC1CC1)[C@@H]2C5)c1ccccc1. The summed E-state index contributed by atoms with van der Waals surface area (Å²) < 4.78 is 6.24. The van der Waals surface area contributed by atoms with Gasteiger partial charge in [0, 0.05) is 41.8 Å². The number of phenolic OH excluding ortho intramolecular Hbond substituents is 2. The number of phenols is 2. The highest BCUT2D eigenvalue weighted by atomic mass is 16.5. The van der Waals surface area contributed by atoms with E-state index in [4.69, 9.17) is 4.74 Å². The van der Waals surface area contributed by atoms with Crippen molar-refractivity contribution in [1.82, 2.24) is 10.2 Å². The fraction of sp³-hybridized carbons (Fsp3) is 0.481. The summed E-state index contributed by atoms with van der Waals surface area (Å²) in [5.74, 6) is 0.714. The van der Waals surface area contributed by atoms with Crippen molar-refractivity contribution in [3.63, 3.8) is 0 Å². The Bertz CT molecular complexity index is 1230. The Morgan fingerprint density at radius 3 is 2.71 bits per heavy atom. The van der Waals surface area contributed by atoms with E-state index in [1.165, 1.54) is 18.9 Å². The number of Topliss-reactive ketones (excluding diaryl/α,β-unsaturated/α-hetero) is 1. The Hall–Kier alpha value is -3.06. The van der Waals surface area contributed by atoms with Gasteiger partial charge in [0.1, 0.15) is 5.75 Å². The highest BCUT2D eigenvalue weighted by Gasteiger charge is 2.74. The number of likely N-dealkylation sites (tertiary alicyclic amines) is 1. The zero-order valence-corrected chi connectivity index (χ0v) is 18.9.